The zero-order valence-electron chi connectivity index (χ0n) is 14.0. The Hall–Kier alpha value is -2.74. The van der Waals surface area contributed by atoms with Crippen molar-refractivity contribution in [3.8, 4) is 6.07 Å². The van der Waals surface area contributed by atoms with Gasteiger partial charge in [-0.25, -0.2) is 4.99 Å². The Morgan fingerprint density at radius 3 is 2.61 bits per heavy atom. The number of nitriles is 1. The van der Waals surface area contributed by atoms with Crippen molar-refractivity contribution in [2.24, 2.45) is 12.0 Å². The minimum Gasteiger partial charge on any atom is -0.357 e. The number of aryl methyl sites for hydroxylation is 1. The van der Waals surface area contributed by atoms with Crippen molar-refractivity contribution in [3.05, 3.63) is 59.4 Å². The first-order chi connectivity index (χ1) is 11.1. The molecule has 0 saturated heterocycles. The second-order valence-electron chi connectivity index (χ2n) is 5.45. The summed E-state index contributed by atoms with van der Waals surface area (Å²) < 4.78 is 2.11. The number of hydrogen-bond donors (Lipinski definition) is 1. The lowest BCUT2D eigenvalue weighted by Crippen LogP contribution is -2.38. The highest BCUT2D eigenvalue weighted by Gasteiger charge is 2.08. The Bertz CT molecular complexity index is 691. The third-order valence-electron chi connectivity index (χ3n) is 3.64. The standard InChI is InChI=1S/C18H23N5/c1-4-20-18(23(3)14-17-6-5-11-22(17)2)21-13-16-9-7-15(12-19)8-10-16/h5-11H,4,13-14H2,1-3H3,(H,20,21). The maximum Gasteiger partial charge on any atom is 0.194 e. The Morgan fingerprint density at radius 1 is 1.30 bits per heavy atom. The van der Waals surface area contributed by atoms with Crippen molar-refractivity contribution < 1.29 is 0 Å². The molecule has 5 nitrogen and oxygen atoms in total. The summed E-state index contributed by atoms with van der Waals surface area (Å²) in [6, 6.07) is 13.8. The van der Waals surface area contributed by atoms with Crippen LogP contribution < -0.4 is 5.32 Å². The van der Waals surface area contributed by atoms with E-state index in [4.69, 9.17) is 5.26 Å². The van der Waals surface area contributed by atoms with Crippen LogP contribution in [0.25, 0.3) is 0 Å². The molecule has 0 amide bonds. The molecular formula is C18H23N5. The van der Waals surface area contributed by atoms with E-state index < -0.39 is 0 Å². The summed E-state index contributed by atoms with van der Waals surface area (Å²) in [7, 11) is 4.08. The van der Waals surface area contributed by atoms with Gasteiger partial charge in [-0.1, -0.05) is 12.1 Å². The van der Waals surface area contributed by atoms with Crippen LogP contribution in [-0.2, 0) is 20.1 Å². The minimum atomic E-state index is 0.589. The summed E-state index contributed by atoms with van der Waals surface area (Å²) in [5, 5.41) is 12.2. The fourth-order valence-corrected chi connectivity index (χ4v) is 2.30. The largest absolute Gasteiger partial charge is 0.357 e. The van der Waals surface area contributed by atoms with Crippen LogP contribution in [0.3, 0.4) is 0 Å². The monoisotopic (exact) mass is 309 g/mol. The molecule has 0 saturated carbocycles. The normalized spacial score (nSPS) is 11.1. The maximum atomic E-state index is 8.84. The molecule has 0 bridgehead atoms. The van der Waals surface area contributed by atoms with Crippen molar-refractivity contribution in [1.82, 2.24) is 14.8 Å². The SMILES string of the molecule is CCNC(=NCc1ccc(C#N)cc1)N(C)Cc1cccn1C. The summed E-state index contributed by atoms with van der Waals surface area (Å²) >= 11 is 0. The zero-order valence-corrected chi connectivity index (χ0v) is 14.0. The van der Waals surface area contributed by atoms with Gasteiger partial charge < -0.3 is 14.8 Å². The number of rotatable bonds is 5. The average molecular weight is 309 g/mol. The molecule has 0 spiro atoms. The van der Waals surface area contributed by atoms with Crippen LogP contribution >= 0.6 is 0 Å². The van der Waals surface area contributed by atoms with E-state index in [0.29, 0.717) is 12.1 Å². The molecule has 1 aromatic carbocycles. The van der Waals surface area contributed by atoms with Gasteiger partial charge in [0.2, 0.25) is 0 Å². The van der Waals surface area contributed by atoms with Gasteiger partial charge in [-0.15, -0.1) is 0 Å². The molecule has 5 heteroatoms. The fraction of sp³-hybridized carbons (Fsp3) is 0.333. The highest BCUT2D eigenvalue weighted by atomic mass is 15.3. The van der Waals surface area contributed by atoms with E-state index in [1.807, 2.05) is 50.6 Å². The molecule has 1 aromatic heterocycles. The number of nitrogens with zero attached hydrogens (tertiary/aromatic N) is 4. The Kier molecular flexibility index (Phi) is 5.81. The molecule has 0 fully saturated rings. The van der Waals surface area contributed by atoms with E-state index in [0.717, 1.165) is 24.6 Å². The maximum absolute atomic E-state index is 8.84. The van der Waals surface area contributed by atoms with Gasteiger partial charge in [0, 0.05) is 32.5 Å². The van der Waals surface area contributed by atoms with Crippen LogP contribution in [-0.4, -0.2) is 29.0 Å². The molecule has 0 radical (unpaired) electrons. The second kappa shape index (κ2) is 8.04. The molecule has 1 heterocycles. The van der Waals surface area contributed by atoms with Crippen molar-refractivity contribution in [2.75, 3.05) is 13.6 Å². The summed E-state index contributed by atoms with van der Waals surface area (Å²) in [6.07, 6.45) is 2.05. The topological polar surface area (TPSA) is 56.4 Å². The number of nitrogens with one attached hydrogen (secondary N) is 1. The quantitative estimate of drug-likeness (QED) is 0.682. The van der Waals surface area contributed by atoms with Crippen molar-refractivity contribution in [3.63, 3.8) is 0 Å². The van der Waals surface area contributed by atoms with Crippen LogP contribution in [0.4, 0.5) is 0 Å². The van der Waals surface area contributed by atoms with Gasteiger partial charge in [0.15, 0.2) is 5.96 Å². The molecule has 0 unspecified atom stereocenters. The second-order valence-corrected chi connectivity index (χ2v) is 5.45. The Labute approximate surface area is 137 Å². The fourth-order valence-electron chi connectivity index (χ4n) is 2.30. The highest BCUT2D eigenvalue weighted by molar-refractivity contribution is 5.79. The molecule has 23 heavy (non-hydrogen) atoms. The van der Waals surface area contributed by atoms with Gasteiger partial charge in [-0.3, -0.25) is 0 Å². The predicted molar refractivity (Wildman–Crippen MR) is 92.9 cm³/mol. The van der Waals surface area contributed by atoms with Crippen LogP contribution in [0.5, 0.6) is 0 Å². The van der Waals surface area contributed by atoms with Crippen LogP contribution in [0.2, 0.25) is 0 Å². The van der Waals surface area contributed by atoms with Crippen LogP contribution in [0.15, 0.2) is 47.6 Å². The zero-order chi connectivity index (χ0) is 16.7. The lowest BCUT2D eigenvalue weighted by molar-refractivity contribution is 0.462. The third-order valence-corrected chi connectivity index (χ3v) is 3.64. The molecular weight excluding hydrogens is 286 g/mol. The molecule has 1 N–H and O–H groups in total. The predicted octanol–water partition coefficient (Wildman–Crippen LogP) is 2.49. The summed E-state index contributed by atoms with van der Waals surface area (Å²) in [6.45, 7) is 4.27. The lowest BCUT2D eigenvalue weighted by atomic mass is 10.1. The molecule has 0 atom stereocenters. The van der Waals surface area contributed by atoms with Gasteiger partial charge in [-0.2, -0.15) is 5.26 Å². The molecule has 0 aliphatic carbocycles. The summed E-state index contributed by atoms with van der Waals surface area (Å²) in [5.41, 5.74) is 2.99. The number of guanidine groups is 1. The van der Waals surface area contributed by atoms with Crippen LogP contribution in [0, 0.1) is 11.3 Å². The van der Waals surface area contributed by atoms with Crippen molar-refractivity contribution >= 4 is 5.96 Å². The van der Waals surface area contributed by atoms with Gasteiger partial charge >= 0.3 is 0 Å². The Morgan fingerprint density at radius 2 is 2.04 bits per heavy atom. The first kappa shape index (κ1) is 16.6. The minimum absolute atomic E-state index is 0.589. The first-order valence-corrected chi connectivity index (χ1v) is 7.72. The van der Waals surface area contributed by atoms with E-state index in [1.165, 1.54) is 5.69 Å². The van der Waals surface area contributed by atoms with E-state index in [-0.39, 0.29) is 0 Å². The van der Waals surface area contributed by atoms with Gasteiger partial charge in [0.1, 0.15) is 0 Å². The molecule has 0 aliphatic heterocycles. The lowest BCUT2D eigenvalue weighted by Gasteiger charge is -2.22. The number of aromatic nitrogens is 1. The van der Waals surface area contributed by atoms with Gasteiger partial charge in [0.25, 0.3) is 0 Å². The number of hydrogen-bond acceptors (Lipinski definition) is 2. The number of benzene rings is 1. The highest BCUT2D eigenvalue weighted by Crippen LogP contribution is 2.07. The smallest absolute Gasteiger partial charge is 0.194 e. The van der Waals surface area contributed by atoms with E-state index in [2.05, 4.69) is 38.8 Å². The third kappa shape index (κ3) is 4.62. The van der Waals surface area contributed by atoms with Crippen LogP contribution in [0.1, 0.15) is 23.7 Å². The molecule has 120 valence electrons. The van der Waals surface area contributed by atoms with Gasteiger partial charge in [0.05, 0.1) is 24.7 Å². The van der Waals surface area contributed by atoms with E-state index in [1.54, 1.807) is 0 Å². The van der Waals surface area contributed by atoms with Crippen molar-refractivity contribution in [2.45, 2.75) is 20.0 Å². The molecule has 2 aromatic rings. The average Bonchev–Trinajstić information content (AvgIpc) is 2.96. The molecule has 2 rings (SSSR count). The Balaban J connectivity index is 2.06. The van der Waals surface area contributed by atoms with Crippen molar-refractivity contribution in [1.29, 1.82) is 5.26 Å². The summed E-state index contributed by atoms with van der Waals surface area (Å²) in [4.78, 5) is 6.80. The summed E-state index contributed by atoms with van der Waals surface area (Å²) in [5.74, 6) is 0.873. The first-order valence-electron chi connectivity index (χ1n) is 7.72. The number of aliphatic imine (C=N–C) groups is 1. The van der Waals surface area contributed by atoms with Gasteiger partial charge in [-0.05, 0) is 36.8 Å². The van der Waals surface area contributed by atoms with E-state index in [9.17, 15) is 0 Å². The van der Waals surface area contributed by atoms with E-state index >= 15 is 0 Å². The molecule has 0 aliphatic rings.